The normalized spacial score (nSPS) is 13.1. The highest BCUT2D eigenvalue weighted by molar-refractivity contribution is 5.95. The summed E-state index contributed by atoms with van der Waals surface area (Å²) in [5.41, 5.74) is 8.49. The van der Waals surface area contributed by atoms with Crippen LogP contribution in [0.25, 0.3) is 33.5 Å². The van der Waals surface area contributed by atoms with Crippen molar-refractivity contribution >= 4 is 17.0 Å². The number of nitriles is 1. The molecule has 0 amide bonds. The van der Waals surface area contributed by atoms with Gasteiger partial charge in [-0.15, -0.1) is 0 Å². The van der Waals surface area contributed by atoms with Crippen LogP contribution in [0.4, 0.5) is 0 Å². The molecule has 1 aliphatic carbocycles. The standard InChI is InChI=1S/C28H21N3O/c1-19(32)21-11-13-23(14-12-21)26-15-25(22-9-7-20(16-29)8-10-22)17-31-18-27(30-28(26)31)24-5-3-2-4-6-24/h2-3,5,7-15,17-18H,4,6H2,1H3. The van der Waals surface area contributed by atoms with Crippen molar-refractivity contribution in [1.29, 1.82) is 5.26 Å². The summed E-state index contributed by atoms with van der Waals surface area (Å²) >= 11 is 0. The first-order chi connectivity index (χ1) is 15.6. The summed E-state index contributed by atoms with van der Waals surface area (Å²) in [4.78, 5) is 16.7. The monoisotopic (exact) mass is 415 g/mol. The fraction of sp³-hybridized carbons (Fsp3) is 0.107. The van der Waals surface area contributed by atoms with E-state index in [-0.39, 0.29) is 5.78 Å². The fourth-order valence-electron chi connectivity index (χ4n) is 4.06. The van der Waals surface area contributed by atoms with Crippen molar-refractivity contribution in [3.8, 4) is 28.3 Å². The molecule has 0 bridgehead atoms. The molecular formula is C28H21N3O. The third-order valence-corrected chi connectivity index (χ3v) is 5.84. The first-order valence-electron chi connectivity index (χ1n) is 10.6. The van der Waals surface area contributed by atoms with Gasteiger partial charge in [-0.2, -0.15) is 5.26 Å². The van der Waals surface area contributed by atoms with Crippen LogP contribution >= 0.6 is 0 Å². The average Bonchev–Trinajstić information content (AvgIpc) is 3.28. The Hall–Kier alpha value is -4.23. The molecule has 4 nitrogen and oxygen atoms in total. The summed E-state index contributed by atoms with van der Waals surface area (Å²) < 4.78 is 2.08. The molecule has 32 heavy (non-hydrogen) atoms. The van der Waals surface area contributed by atoms with Crippen LogP contribution in [0.5, 0.6) is 0 Å². The van der Waals surface area contributed by atoms with E-state index in [1.807, 2.05) is 48.5 Å². The van der Waals surface area contributed by atoms with Crippen molar-refractivity contribution < 1.29 is 4.79 Å². The summed E-state index contributed by atoms with van der Waals surface area (Å²) in [5.74, 6) is 0.0495. The number of carbonyl (C=O) groups is 1. The molecule has 0 fully saturated rings. The van der Waals surface area contributed by atoms with Crippen LogP contribution in [0, 0.1) is 11.3 Å². The largest absolute Gasteiger partial charge is 0.305 e. The van der Waals surface area contributed by atoms with Gasteiger partial charge in [-0.25, -0.2) is 4.98 Å². The Balaban J connectivity index is 1.70. The highest BCUT2D eigenvalue weighted by atomic mass is 16.1. The molecule has 0 saturated heterocycles. The Kier molecular flexibility index (Phi) is 5.01. The van der Waals surface area contributed by atoms with Gasteiger partial charge in [0.05, 0.1) is 17.3 Å². The molecule has 4 heteroatoms. The van der Waals surface area contributed by atoms with E-state index in [9.17, 15) is 4.79 Å². The minimum Gasteiger partial charge on any atom is -0.305 e. The van der Waals surface area contributed by atoms with Crippen LogP contribution in [0.3, 0.4) is 0 Å². The van der Waals surface area contributed by atoms with Gasteiger partial charge in [0.15, 0.2) is 5.78 Å². The SMILES string of the molecule is CC(=O)c1ccc(-c2cc(-c3ccc(C#N)cc3)cn3cc(C4=CC=CCC4)nc23)cc1. The summed E-state index contributed by atoms with van der Waals surface area (Å²) in [7, 11) is 0. The van der Waals surface area contributed by atoms with E-state index in [0.717, 1.165) is 46.4 Å². The number of rotatable bonds is 4. The number of hydrogen-bond donors (Lipinski definition) is 0. The molecule has 2 aromatic carbocycles. The molecule has 0 unspecified atom stereocenters. The molecule has 2 aromatic heterocycles. The van der Waals surface area contributed by atoms with E-state index >= 15 is 0 Å². The molecule has 0 radical (unpaired) electrons. The van der Waals surface area contributed by atoms with Gasteiger partial charge in [0.1, 0.15) is 5.65 Å². The maximum absolute atomic E-state index is 11.7. The molecule has 1 aliphatic rings. The number of hydrogen-bond acceptors (Lipinski definition) is 3. The number of carbonyl (C=O) groups excluding carboxylic acids is 1. The lowest BCUT2D eigenvalue weighted by molar-refractivity contribution is 0.101. The van der Waals surface area contributed by atoms with Crippen LogP contribution in [-0.4, -0.2) is 15.2 Å². The Morgan fingerprint density at radius 2 is 1.75 bits per heavy atom. The summed E-state index contributed by atoms with van der Waals surface area (Å²) in [5, 5.41) is 9.12. The molecule has 2 heterocycles. The topological polar surface area (TPSA) is 58.2 Å². The lowest BCUT2D eigenvalue weighted by Crippen LogP contribution is -1.93. The molecule has 0 N–H and O–H groups in total. The molecule has 0 aliphatic heterocycles. The van der Waals surface area contributed by atoms with E-state index in [2.05, 4.69) is 47.2 Å². The van der Waals surface area contributed by atoms with Crippen LogP contribution in [0.1, 0.15) is 41.4 Å². The quantitative estimate of drug-likeness (QED) is 0.359. The molecule has 0 saturated carbocycles. The van der Waals surface area contributed by atoms with Crippen LogP contribution in [-0.2, 0) is 0 Å². The van der Waals surface area contributed by atoms with Crippen molar-refractivity contribution in [2.45, 2.75) is 19.8 Å². The number of aromatic nitrogens is 2. The Bertz CT molecular complexity index is 1430. The molecule has 0 spiro atoms. The number of pyridine rings is 1. The number of nitrogens with zero attached hydrogens (tertiary/aromatic N) is 3. The molecular weight excluding hydrogens is 394 g/mol. The van der Waals surface area contributed by atoms with Gasteiger partial charge < -0.3 is 4.40 Å². The maximum Gasteiger partial charge on any atom is 0.159 e. The Morgan fingerprint density at radius 3 is 2.41 bits per heavy atom. The van der Waals surface area contributed by atoms with Gasteiger partial charge in [0.25, 0.3) is 0 Å². The van der Waals surface area contributed by atoms with Crippen molar-refractivity contribution in [1.82, 2.24) is 9.38 Å². The van der Waals surface area contributed by atoms with Crippen LogP contribution in [0.15, 0.2) is 85.2 Å². The second kappa shape index (κ2) is 8.13. The molecule has 0 atom stereocenters. The minimum atomic E-state index is 0.0495. The van der Waals surface area contributed by atoms with Gasteiger partial charge in [-0.3, -0.25) is 4.79 Å². The van der Waals surface area contributed by atoms with E-state index in [1.165, 1.54) is 5.57 Å². The second-order valence-corrected chi connectivity index (χ2v) is 7.98. The maximum atomic E-state index is 11.7. The van der Waals surface area contributed by atoms with Gasteiger partial charge in [-0.05, 0) is 60.2 Å². The number of Topliss-reactive ketones (excluding diaryl/α,β-unsaturated/α-hetero) is 1. The van der Waals surface area contributed by atoms with Crippen molar-refractivity contribution in [3.63, 3.8) is 0 Å². The third kappa shape index (κ3) is 3.66. The minimum absolute atomic E-state index is 0.0495. The lowest BCUT2D eigenvalue weighted by Gasteiger charge is -2.10. The average molecular weight is 415 g/mol. The Morgan fingerprint density at radius 1 is 1.00 bits per heavy atom. The zero-order chi connectivity index (χ0) is 22.1. The predicted octanol–water partition coefficient (Wildman–Crippen LogP) is 6.48. The first kappa shape index (κ1) is 19.7. The summed E-state index contributed by atoms with van der Waals surface area (Å²) in [6.45, 7) is 1.58. The van der Waals surface area contributed by atoms with E-state index in [0.29, 0.717) is 11.1 Å². The first-order valence-corrected chi connectivity index (χ1v) is 10.6. The zero-order valence-electron chi connectivity index (χ0n) is 17.7. The molecule has 4 aromatic rings. The third-order valence-electron chi connectivity index (χ3n) is 5.84. The highest BCUT2D eigenvalue weighted by Crippen LogP contribution is 2.32. The number of allylic oxidation sites excluding steroid dienone is 4. The second-order valence-electron chi connectivity index (χ2n) is 7.98. The van der Waals surface area contributed by atoms with Gasteiger partial charge in [0, 0.05) is 23.5 Å². The Labute approximate surface area is 186 Å². The predicted molar refractivity (Wildman–Crippen MR) is 127 cm³/mol. The smallest absolute Gasteiger partial charge is 0.159 e. The van der Waals surface area contributed by atoms with Gasteiger partial charge in [-0.1, -0.05) is 54.6 Å². The summed E-state index contributed by atoms with van der Waals surface area (Å²) in [6.07, 6.45) is 12.6. The number of benzene rings is 2. The van der Waals surface area contributed by atoms with Gasteiger partial charge >= 0.3 is 0 Å². The number of ketones is 1. The van der Waals surface area contributed by atoms with E-state index < -0.39 is 0 Å². The number of imidazole rings is 1. The zero-order valence-corrected chi connectivity index (χ0v) is 17.7. The van der Waals surface area contributed by atoms with Crippen LogP contribution in [0.2, 0.25) is 0 Å². The fourth-order valence-corrected chi connectivity index (χ4v) is 4.06. The van der Waals surface area contributed by atoms with Gasteiger partial charge in [0.2, 0.25) is 0 Å². The highest BCUT2D eigenvalue weighted by Gasteiger charge is 2.15. The van der Waals surface area contributed by atoms with Crippen LogP contribution < -0.4 is 0 Å². The van der Waals surface area contributed by atoms with Crippen molar-refractivity contribution in [2.24, 2.45) is 0 Å². The molecule has 5 rings (SSSR count). The van der Waals surface area contributed by atoms with Crippen molar-refractivity contribution in [3.05, 3.63) is 102 Å². The lowest BCUT2D eigenvalue weighted by atomic mass is 9.99. The molecule has 154 valence electrons. The van der Waals surface area contributed by atoms with E-state index in [1.54, 1.807) is 6.92 Å². The number of fused-ring (bicyclic) bond motifs is 1. The summed E-state index contributed by atoms with van der Waals surface area (Å²) in [6, 6.07) is 19.6. The van der Waals surface area contributed by atoms with E-state index in [4.69, 9.17) is 10.2 Å². The van der Waals surface area contributed by atoms with Crippen molar-refractivity contribution in [2.75, 3.05) is 0 Å².